The number of phenols is 1. The van der Waals surface area contributed by atoms with Crippen molar-refractivity contribution in [3.05, 3.63) is 72.9 Å². The molecule has 10 heteroatoms. The summed E-state index contributed by atoms with van der Waals surface area (Å²) >= 11 is 0. The first-order valence-corrected chi connectivity index (χ1v) is 13.2. The van der Waals surface area contributed by atoms with E-state index in [1.807, 2.05) is 30.5 Å². The lowest BCUT2D eigenvalue weighted by atomic mass is 10.0. The summed E-state index contributed by atoms with van der Waals surface area (Å²) < 4.78 is 20.0. The normalized spacial score (nSPS) is 13.9. The number of rotatable bonds is 7. The van der Waals surface area contributed by atoms with Crippen LogP contribution < -0.4 is 4.74 Å². The van der Waals surface area contributed by atoms with Gasteiger partial charge in [0, 0.05) is 41.5 Å². The molecule has 0 amide bonds. The highest BCUT2D eigenvalue weighted by Gasteiger charge is 2.17. The largest absolute Gasteiger partial charge is 0.508 e. The van der Waals surface area contributed by atoms with Gasteiger partial charge in [-0.15, -0.1) is 0 Å². The van der Waals surface area contributed by atoms with Gasteiger partial charge in [0.25, 0.3) is 0 Å². The summed E-state index contributed by atoms with van der Waals surface area (Å²) in [4.78, 5) is 19.2. The molecule has 9 nitrogen and oxygen atoms in total. The molecule has 1 aliphatic heterocycles. The molecular weight excluding hydrogens is 509 g/mol. The number of H-pyrrole nitrogens is 2. The van der Waals surface area contributed by atoms with E-state index in [1.54, 1.807) is 18.5 Å². The number of hydrogen-bond acceptors (Lipinski definition) is 7. The van der Waals surface area contributed by atoms with E-state index in [-0.39, 0.29) is 5.75 Å². The zero-order valence-corrected chi connectivity index (χ0v) is 21.6. The maximum absolute atomic E-state index is 14.0. The number of aromatic hydroxyl groups is 1. The van der Waals surface area contributed by atoms with Crippen molar-refractivity contribution < 1.29 is 14.2 Å². The molecule has 0 atom stereocenters. The van der Waals surface area contributed by atoms with E-state index >= 15 is 0 Å². The Morgan fingerprint density at radius 1 is 0.975 bits per heavy atom. The second-order valence-electron chi connectivity index (χ2n) is 9.98. The van der Waals surface area contributed by atoms with E-state index in [4.69, 9.17) is 4.74 Å². The zero-order chi connectivity index (χ0) is 27.1. The monoisotopic (exact) mass is 535 g/mol. The number of nitrogens with zero attached hydrogens (tertiary/aromatic N) is 5. The van der Waals surface area contributed by atoms with Gasteiger partial charge in [0.1, 0.15) is 29.6 Å². The van der Waals surface area contributed by atoms with Crippen LogP contribution in [0.15, 0.2) is 67.1 Å². The standard InChI is InChI=1S/C30H26FN7O2/c31-21-11-19(12-22(39)15-21)24-5-6-33-29-27(24)34-30(35-29)28-25-14-18(3-4-26(25)36-37-28)20-13-23(17-32-16-20)40-10-9-38-7-1-2-8-38/h3-6,11-17,39H,1-2,7-10H2,(H,36,37)(H,33,34,35). The average Bonchev–Trinajstić information content (AvgIpc) is 3.71. The first kappa shape index (κ1) is 24.2. The van der Waals surface area contributed by atoms with Crippen LogP contribution in [0.2, 0.25) is 0 Å². The number of aromatic amines is 2. The molecule has 6 aromatic rings. The fraction of sp³-hybridized carbons (Fsp3) is 0.200. The topological polar surface area (TPSA) is 116 Å². The van der Waals surface area contributed by atoms with Gasteiger partial charge in [0.05, 0.1) is 17.2 Å². The molecule has 0 aliphatic carbocycles. The smallest absolute Gasteiger partial charge is 0.178 e. The predicted molar refractivity (Wildman–Crippen MR) is 150 cm³/mol. The van der Waals surface area contributed by atoms with Crippen molar-refractivity contribution in [2.45, 2.75) is 12.8 Å². The van der Waals surface area contributed by atoms with Gasteiger partial charge in [-0.2, -0.15) is 5.10 Å². The number of benzene rings is 2. The van der Waals surface area contributed by atoms with E-state index in [0.29, 0.717) is 40.4 Å². The molecule has 3 N–H and O–H groups in total. The molecular formula is C30H26FN7O2. The third-order valence-electron chi connectivity index (χ3n) is 7.29. The molecule has 1 fully saturated rings. The fourth-order valence-electron chi connectivity index (χ4n) is 5.32. The molecule has 0 spiro atoms. The molecule has 7 rings (SSSR count). The predicted octanol–water partition coefficient (Wildman–Crippen LogP) is 5.55. The van der Waals surface area contributed by atoms with E-state index in [9.17, 15) is 9.50 Å². The minimum absolute atomic E-state index is 0.152. The highest BCUT2D eigenvalue weighted by molar-refractivity contribution is 5.97. The minimum atomic E-state index is -0.527. The zero-order valence-electron chi connectivity index (χ0n) is 21.6. The van der Waals surface area contributed by atoms with Gasteiger partial charge in [-0.1, -0.05) is 6.07 Å². The van der Waals surface area contributed by atoms with Crippen LogP contribution in [-0.2, 0) is 0 Å². The van der Waals surface area contributed by atoms with Gasteiger partial charge < -0.3 is 14.8 Å². The van der Waals surface area contributed by atoms with Crippen LogP contribution in [0.5, 0.6) is 11.5 Å². The number of fused-ring (bicyclic) bond motifs is 2. The van der Waals surface area contributed by atoms with Gasteiger partial charge in [-0.3, -0.25) is 15.0 Å². The highest BCUT2D eigenvalue weighted by Crippen LogP contribution is 2.34. The lowest BCUT2D eigenvalue weighted by Gasteiger charge is -2.15. The van der Waals surface area contributed by atoms with Crippen molar-refractivity contribution in [2.75, 3.05) is 26.2 Å². The van der Waals surface area contributed by atoms with Crippen molar-refractivity contribution in [2.24, 2.45) is 0 Å². The van der Waals surface area contributed by atoms with Crippen LogP contribution in [-0.4, -0.2) is 66.4 Å². The lowest BCUT2D eigenvalue weighted by Crippen LogP contribution is -2.25. The van der Waals surface area contributed by atoms with E-state index < -0.39 is 5.82 Å². The number of halogens is 1. The van der Waals surface area contributed by atoms with E-state index in [2.05, 4.69) is 35.0 Å². The Hall–Kier alpha value is -4.83. The molecule has 200 valence electrons. The lowest BCUT2D eigenvalue weighted by molar-refractivity contribution is 0.237. The maximum atomic E-state index is 14.0. The van der Waals surface area contributed by atoms with Crippen molar-refractivity contribution in [3.63, 3.8) is 0 Å². The SMILES string of the molecule is Oc1cc(F)cc(-c2ccnc3nc(-c4n[nH]c5ccc(-c6cncc(OCCN7CCCC7)c6)cc45)[nH]c23)c1. The molecule has 40 heavy (non-hydrogen) atoms. The van der Waals surface area contributed by atoms with Gasteiger partial charge in [0.2, 0.25) is 0 Å². The quantitative estimate of drug-likeness (QED) is 0.245. The van der Waals surface area contributed by atoms with Crippen molar-refractivity contribution in [1.82, 2.24) is 35.0 Å². The Morgan fingerprint density at radius 3 is 2.75 bits per heavy atom. The first-order chi connectivity index (χ1) is 19.6. The summed E-state index contributed by atoms with van der Waals surface area (Å²) in [6.07, 6.45) is 7.70. The molecule has 0 radical (unpaired) electrons. The minimum Gasteiger partial charge on any atom is -0.508 e. The van der Waals surface area contributed by atoms with Gasteiger partial charge in [-0.25, -0.2) is 14.4 Å². The third-order valence-corrected chi connectivity index (χ3v) is 7.29. The molecule has 4 aromatic heterocycles. The summed E-state index contributed by atoms with van der Waals surface area (Å²) in [5.74, 6) is 0.585. The summed E-state index contributed by atoms with van der Waals surface area (Å²) in [6.45, 7) is 3.84. The fourth-order valence-corrected chi connectivity index (χ4v) is 5.32. The van der Waals surface area contributed by atoms with E-state index in [1.165, 1.54) is 25.0 Å². The van der Waals surface area contributed by atoms with Crippen molar-refractivity contribution >= 4 is 22.1 Å². The number of ether oxygens (including phenoxy) is 1. The molecule has 1 aliphatic rings. The maximum Gasteiger partial charge on any atom is 0.178 e. The van der Waals surface area contributed by atoms with Gasteiger partial charge in [0.15, 0.2) is 11.5 Å². The Balaban J connectivity index is 1.21. The number of nitrogens with one attached hydrogen (secondary N) is 2. The molecule has 0 saturated carbocycles. The van der Waals surface area contributed by atoms with Gasteiger partial charge in [-0.05, 0) is 73.5 Å². The number of imidazole rings is 1. The Morgan fingerprint density at radius 2 is 1.88 bits per heavy atom. The first-order valence-electron chi connectivity index (χ1n) is 13.2. The molecule has 1 saturated heterocycles. The number of pyridine rings is 2. The van der Waals surface area contributed by atoms with Gasteiger partial charge >= 0.3 is 0 Å². The summed E-state index contributed by atoms with van der Waals surface area (Å²) in [7, 11) is 0. The van der Waals surface area contributed by atoms with Crippen LogP contribution in [0.3, 0.4) is 0 Å². The highest BCUT2D eigenvalue weighted by atomic mass is 19.1. The number of likely N-dealkylation sites (tertiary alicyclic amines) is 1. The van der Waals surface area contributed by atoms with E-state index in [0.717, 1.165) is 53.5 Å². The van der Waals surface area contributed by atoms with Crippen LogP contribution >= 0.6 is 0 Å². The Kier molecular flexibility index (Phi) is 6.09. The summed E-state index contributed by atoms with van der Waals surface area (Å²) in [6, 6.07) is 13.7. The van der Waals surface area contributed by atoms with Crippen LogP contribution in [0, 0.1) is 5.82 Å². The number of hydrogen-bond donors (Lipinski definition) is 3. The summed E-state index contributed by atoms with van der Waals surface area (Å²) in [5, 5.41) is 18.4. The second kappa shape index (κ2) is 10.0. The number of aromatic nitrogens is 6. The summed E-state index contributed by atoms with van der Waals surface area (Å²) in [5.41, 5.74) is 5.67. The molecule has 5 heterocycles. The van der Waals surface area contributed by atoms with Crippen LogP contribution in [0.4, 0.5) is 4.39 Å². The van der Waals surface area contributed by atoms with Crippen molar-refractivity contribution in [3.8, 4) is 45.3 Å². The van der Waals surface area contributed by atoms with Crippen LogP contribution in [0.1, 0.15) is 12.8 Å². The molecule has 2 aromatic carbocycles. The second-order valence-corrected chi connectivity index (χ2v) is 9.98. The van der Waals surface area contributed by atoms with Crippen LogP contribution in [0.25, 0.3) is 55.8 Å². The van der Waals surface area contributed by atoms with Crippen molar-refractivity contribution in [1.29, 1.82) is 0 Å². The Labute approximate surface area is 228 Å². The average molecular weight is 536 g/mol. The number of phenolic OH excluding ortho intramolecular Hbond substituents is 1. The molecule has 0 unspecified atom stereocenters. The Bertz CT molecular complexity index is 1820. The molecule has 0 bridgehead atoms. The third kappa shape index (κ3) is 4.62.